The van der Waals surface area contributed by atoms with Gasteiger partial charge in [-0.1, -0.05) is 0 Å². The highest BCUT2D eigenvalue weighted by molar-refractivity contribution is 7.98. The van der Waals surface area contributed by atoms with Crippen LogP contribution in [0.25, 0.3) is 0 Å². The molecule has 0 spiro atoms. The summed E-state index contributed by atoms with van der Waals surface area (Å²) in [5, 5.41) is 13.3. The summed E-state index contributed by atoms with van der Waals surface area (Å²) in [7, 11) is 0. The minimum Gasteiger partial charge on any atom is -0.311 e. The number of nitrogens with one attached hydrogen (secondary N) is 1. The standard InChI is InChI=1S/C8H9N3O3S/c1-5(12)9-7-4-3-6(11(13)14)8(10-7)15-2/h3-4H,1-2H3,(H,9,10,12). The molecule has 0 bridgehead atoms. The van der Waals surface area contributed by atoms with Crippen LogP contribution in [0.15, 0.2) is 17.2 Å². The number of rotatable bonds is 3. The molecular formula is C8H9N3O3S. The Bertz CT molecular complexity index is 408. The van der Waals surface area contributed by atoms with E-state index in [1.807, 2.05) is 0 Å². The van der Waals surface area contributed by atoms with Crippen molar-refractivity contribution in [1.29, 1.82) is 0 Å². The summed E-state index contributed by atoms with van der Waals surface area (Å²) in [5.74, 6) is 0.0563. The summed E-state index contributed by atoms with van der Waals surface area (Å²) in [5.41, 5.74) is -0.0587. The van der Waals surface area contributed by atoms with E-state index in [0.29, 0.717) is 5.82 Å². The van der Waals surface area contributed by atoms with Crippen molar-refractivity contribution in [2.45, 2.75) is 11.9 Å². The predicted molar refractivity (Wildman–Crippen MR) is 57.0 cm³/mol. The molecule has 1 amide bonds. The molecular weight excluding hydrogens is 218 g/mol. The topological polar surface area (TPSA) is 85.1 Å². The van der Waals surface area contributed by atoms with Gasteiger partial charge in [-0.05, 0) is 12.3 Å². The molecule has 7 heteroatoms. The zero-order valence-corrected chi connectivity index (χ0v) is 9.00. The number of anilines is 1. The van der Waals surface area contributed by atoms with E-state index >= 15 is 0 Å². The molecule has 6 nitrogen and oxygen atoms in total. The van der Waals surface area contributed by atoms with Crippen molar-refractivity contribution in [2.75, 3.05) is 11.6 Å². The predicted octanol–water partition coefficient (Wildman–Crippen LogP) is 1.67. The number of carbonyl (C=O) groups excluding carboxylic acids is 1. The fourth-order valence-corrected chi connectivity index (χ4v) is 1.51. The summed E-state index contributed by atoms with van der Waals surface area (Å²) in [4.78, 5) is 24.8. The lowest BCUT2D eigenvalue weighted by molar-refractivity contribution is -0.388. The Labute approximate surface area is 90.2 Å². The van der Waals surface area contributed by atoms with Crippen molar-refractivity contribution in [2.24, 2.45) is 0 Å². The van der Waals surface area contributed by atoms with Crippen LogP contribution in [0.3, 0.4) is 0 Å². The van der Waals surface area contributed by atoms with Crippen LogP contribution in [-0.4, -0.2) is 22.1 Å². The first-order chi connectivity index (χ1) is 7.04. The number of aromatic nitrogens is 1. The van der Waals surface area contributed by atoms with Crippen LogP contribution in [0.5, 0.6) is 0 Å². The van der Waals surface area contributed by atoms with E-state index in [-0.39, 0.29) is 16.6 Å². The fourth-order valence-electron chi connectivity index (χ4n) is 0.972. The molecule has 0 saturated heterocycles. The second-order valence-electron chi connectivity index (χ2n) is 2.66. The SMILES string of the molecule is CSc1nc(NC(C)=O)ccc1[N+](=O)[O-]. The number of amides is 1. The van der Waals surface area contributed by atoms with Crippen molar-refractivity contribution in [1.82, 2.24) is 4.98 Å². The fraction of sp³-hybridized carbons (Fsp3) is 0.250. The zero-order chi connectivity index (χ0) is 11.4. The number of hydrogen-bond donors (Lipinski definition) is 1. The highest BCUT2D eigenvalue weighted by Crippen LogP contribution is 2.26. The monoisotopic (exact) mass is 227 g/mol. The van der Waals surface area contributed by atoms with Crippen LogP contribution in [-0.2, 0) is 4.79 Å². The minimum atomic E-state index is -0.504. The van der Waals surface area contributed by atoms with Gasteiger partial charge in [0.2, 0.25) is 5.91 Å². The molecule has 1 heterocycles. The van der Waals surface area contributed by atoms with E-state index < -0.39 is 4.92 Å². The maximum atomic E-state index is 10.7. The third kappa shape index (κ3) is 2.91. The highest BCUT2D eigenvalue weighted by atomic mass is 32.2. The minimum absolute atomic E-state index is 0.0587. The second kappa shape index (κ2) is 4.74. The highest BCUT2D eigenvalue weighted by Gasteiger charge is 2.15. The summed E-state index contributed by atoms with van der Waals surface area (Å²) >= 11 is 1.16. The third-order valence-electron chi connectivity index (χ3n) is 1.53. The average molecular weight is 227 g/mol. The summed E-state index contributed by atoms with van der Waals surface area (Å²) < 4.78 is 0. The molecule has 0 aromatic carbocycles. The first kappa shape index (κ1) is 11.4. The molecule has 0 aliphatic carbocycles. The van der Waals surface area contributed by atoms with Gasteiger partial charge in [-0.15, -0.1) is 11.8 Å². The van der Waals surface area contributed by atoms with Crippen molar-refractivity contribution < 1.29 is 9.72 Å². The molecule has 0 saturated carbocycles. The first-order valence-corrected chi connectivity index (χ1v) is 5.24. The second-order valence-corrected chi connectivity index (χ2v) is 3.46. The van der Waals surface area contributed by atoms with Gasteiger partial charge in [0.05, 0.1) is 4.92 Å². The van der Waals surface area contributed by atoms with Gasteiger partial charge in [0.1, 0.15) is 5.82 Å². The van der Waals surface area contributed by atoms with Gasteiger partial charge in [-0.25, -0.2) is 4.98 Å². The van der Waals surface area contributed by atoms with Crippen LogP contribution in [0.2, 0.25) is 0 Å². The molecule has 15 heavy (non-hydrogen) atoms. The van der Waals surface area contributed by atoms with Gasteiger partial charge in [0, 0.05) is 13.0 Å². The van der Waals surface area contributed by atoms with Crippen LogP contribution < -0.4 is 5.32 Å². The van der Waals surface area contributed by atoms with Gasteiger partial charge in [-0.3, -0.25) is 14.9 Å². The number of nitrogens with zero attached hydrogens (tertiary/aromatic N) is 2. The smallest absolute Gasteiger partial charge is 0.301 e. The van der Waals surface area contributed by atoms with Gasteiger partial charge in [0.15, 0.2) is 5.03 Å². The van der Waals surface area contributed by atoms with Crippen molar-refractivity contribution >= 4 is 29.2 Å². The van der Waals surface area contributed by atoms with Crippen molar-refractivity contribution in [3.05, 3.63) is 22.2 Å². The Hall–Kier alpha value is -1.63. The van der Waals surface area contributed by atoms with Crippen LogP contribution in [0, 0.1) is 10.1 Å². The third-order valence-corrected chi connectivity index (χ3v) is 2.22. The summed E-state index contributed by atoms with van der Waals surface area (Å²) in [6.45, 7) is 1.35. The van der Waals surface area contributed by atoms with E-state index in [9.17, 15) is 14.9 Å². The molecule has 1 aromatic heterocycles. The molecule has 0 radical (unpaired) electrons. The van der Waals surface area contributed by atoms with Crippen molar-refractivity contribution in [3.8, 4) is 0 Å². The molecule has 0 fully saturated rings. The Balaban J connectivity index is 3.07. The van der Waals surface area contributed by atoms with Crippen LogP contribution >= 0.6 is 11.8 Å². The number of thioether (sulfide) groups is 1. The Morgan fingerprint density at radius 1 is 1.60 bits per heavy atom. The number of carbonyl (C=O) groups is 1. The summed E-state index contributed by atoms with van der Waals surface area (Å²) in [6, 6.07) is 2.73. The van der Waals surface area contributed by atoms with Gasteiger partial charge in [-0.2, -0.15) is 0 Å². The lowest BCUT2D eigenvalue weighted by Crippen LogP contribution is -2.08. The van der Waals surface area contributed by atoms with Gasteiger partial charge >= 0.3 is 5.69 Å². The van der Waals surface area contributed by atoms with Crippen molar-refractivity contribution in [3.63, 3.8) is 0 Å². The average Bonchev–Trinajstić information content (AvgIpc) is 2.16. The number of hydrogen-bond acceptors (Lipinski definition) is 5. The summed E-state index contributed by atoms with van der Waals surface area (Å²) in [6.07, 6.45) is 1.69. The van der Waals surface area contributed by atoms with Gasteiger partial charge < -0.3 is 5.32 Å². The molecule has 0 aliphatic heterocycles. The Morgan fingerprint density at radius 3 is 2.73 bits per heavy atom. The molecule has 0 unspecified atom stereocenters. The number of nitro groups is 1. The molecule has 1 aromatic rings. The number of pyridine rings is 1. The largest absolute Gasteiger partial charge is 0.311 e. The van der Waals surface area contributed by atoms with Crippen LogP contribution in [0.4, 0.5) is 11.5 Å². The lowest BCUT2D eigenvalue weighted by atomic mass is 10.4. The quantitative estimate of drug-likeness (QED) is 0.482. The maximum Gasteiger partial charge on any atom is 0.301 e. The lowest BCUT2D eigenvalue weighted by Gasteiger charge is -2.03. The molecule has 0 atom stereocenters. The van der Waals surface area contributed by atoms with E-state index in [0.717, 1.165) is 11.8 Å². The van der Waals surface area contributed by atoms with E-state index in [1.54, 1.807) is 6.26 Å². The molecule has 1 N–H and O–H groups in total. The van der Waals surface area contributed by atoms with Gasteiger partial charge in [0.25, 0.3) is 0 Å². The first-order valence-electron chi connectivity index (χ1n) is 4.01. The Kier molecular flexibility index (Phi) is 3.62. The normalized spacial score (nSPS) is 9.73. The maximum absolute atomic E-state index is 10.7. The van der Waals surface area contributed by atoms with E-state index in [2.05, 4.69) is 10.3 Å². The zero-order valence-electron chi connectivity index (χ0n) is 8.18. The van der Waals surface area contributed by atoms with E-state index in [1.165, 1.54) is 19.1 Å². The Morgan fingerprint density at radius 2 is 2.27 bits per heavy atom. The van der Waals surface area contributed by atoms with E-state index in [4.69, 9.17) is 0 Å². The molecule has 80 valence electrons. The molecule has 0 aliphatic rings. The molecule has 1 rings (SSSR count). The van der Waals surface area contributed by atoms with Crippen LogP contribution in [0.1, 0.15) is 6.92 Å².